The molecule has 0 fully saturated rings. The van der Waals surface area contributed by atoms with E-state index in [2.05, 4.69) is 5.32 Å². The number of aryl methyl sites for hydroxylation is 1. The van der Waals surface area contributed by atoms with Gasteiger partial charge in [0.15, 0.2) is 0 Å². The van der Waals surface area contributed by atoms with Crippen molar-refractivity contribution in [1.82, 2.24) is 0 Å². The molecule has 2 aromatic carbocycles. The molecule has 0 aliphatic heterocycles. The zero-order chi connectivity index (χ0) is 18.3. The van der Waals surface area contributed by atoms with Crippen LogP contribution in [0.25, 0.3) is 0 Å². The normalized spacial score (nSPS) is 11.2. The highest BCUT2D eigenvalue weighted by Gasteiger charge is 2.33. The smallest absolute Gasteiger partial charge is 0.418 e. The Labute approximate surface area is 148 Å². The minimum Gasteiger partial charge on any atom is -0.497 e. The molecule has 7 heteroatoms. The molecule has 0 aliphatic rings. The van der Waals surface area contributed by atoms with Crippen LogP contribution in [-0.2, 0) is 17.4 Å². The van der Waals surface area contributed by atoms with E-state index in [1.165, 1.54) is 30.0 Å². The van der Waals surface area contributed by atoms with Gasteiger partial charge in [-0.15, -0.1) is 0 Å². The molecule has 25 heavy (non-hydrogen) atoms. The van der Waals surface area contributed by atoms with E-state index < -0.39 is 17.6 Å². The van der Waals surface area contributed by atoms with Crippen LogP contribution < -0.4 is 10.1 Å². The van der Waals surface area contributed by atoms with Crippen molar-refractivity contribution in [2.75, 3.05) is 23.9 Å². The molecular weight excluding hydrogens is 351 g/mol. The molecule has 0 spiro atoms. The Morgan fingerprint density at radius 2 is 1.80 bits per heavy atom. The van der Waals surface area contributed by atoms with Gasteiger partial charge in [0.05, 0.1) is 24.1 Å². The summed E-state index contributed by atoms with van der Waals surface area (Å²) in [5.41, 5.74) is 0.0541. The summed E-state index contributed by atoms with van der Waals surface area (Å²) in [6.07, 6.45) is -3.73. The first-order chi connectivity index (χ1) is 11.9. The van der Waals surface area contributed by atoms with Crippen molar-refractivity contribution in [2.45, 2.75) is 12.6 Å². The maximum Gasteiger partial charge on any atom is 0.418 e. The zero-order valence-corrected chi connectivity index (χ0v) is 14.4. The Morgan fingerprint density at radius 1 is 1.12 bits per heavy atom. The molecule has 134 valence electrons. The van der Waals surface area contributed by atoms with Crippen molar-refractivity contribution in [3.8, 4) is 5.75 Å². The lowest BCUT2D eigenvalue weighted by Gasteiger charge is -2.13. The Bertz CT molecular complexity index is 702. The zero-order valence-electron chi connectivity index (χ0n) is 13.6. The first-order valence-electron chi connectivity index (χ1n) is 7.57. The predicted molar refractivity (Wildman–Crippen MR) is 94.1 cm³/mol. The fourth-order valence-electron chi connectivity index (χ4n) is 2.17. The van der Waals surface area contributed by atoms with Gasteiger partial charge in [0.25, 0.3) is 0 Å². The number of ether oxygens (including phenoxy) is 1. The van der Waals surface area contributed by atoms with E-state index in [1.807, 2.05) is 24.3 Å². The Hall–Kier alpha value is -2.15. The van der Waals surface area contributed by atoms with E-state index in [4.69, 9.17) is 4.74 Å². The highest BCUT2D eigenvalue weighted by molar-refractivity contribution is 7.99. The lowest BCUT2D eigenvalue weighted by molar-refractivity contribution is -0.137. The number of hydrogen-bond acceptors (Lipinski definition) is 3. The van der Waals surface area contributed by atoms with E-state index in [0.29, 0.717) is 5.75 Å². The summed E-state index contributed by atoms with van der Waals surface area (Å²) in [6, 6.07) is 12.6. The molecule has 3 nitrogen and oxygen atoms in total. The van der Waals surface area contributed by atoms with Crippen LogP contribution in [0.3, 0.4) is 0 Å². The van der Waals surface area contributed by atoms with Gasteiger partial charge in [-0.1, -0.05) is 24.3 Å². The summed E-state index contributed by atoms with van der Waals surface area (Å²) < 4.78 is 43.7. The number of benzene rings is 2. The lowest BCUT2D eigenvalue weighted by Crippen LogP contribution is -2.18. The van der Waals surface area contributed by atoms with E-state index in [1.54, 1.807) is 7.11 Å². The van der Waals surface area contributed by atoms with Crippen molar-refractivity contribution in [3.05, 3.63) is 59.7 Å². The molecule has 0 bridgehead atoms. The predicted octanol–water partition coefficient (Wildman–Crippen LogP) is 4.63. The Balaban J connectivity index is 1.79. The van der Waals surface area contributed by atoms with Crippen molar-refractivity contribution >= 4 is 23.4 Å². The van der Waals surface area contributed by atoms with Gasteiger partial charge in [-0.2, -0.15) is 24.9 Å². The number of rotatable bonds is 7. The molecule has 1 N–H and O–H groups in total. The van der Waals surface area contributed by atoms with Gasteiger partial charge in [-0.05, 0) is 42.0 Å². The average Bonchev–Trinajstić information content (AvgIpc) is 2.59. The van der Waals surface area contributed by atoms with Crippen LogP contribution in [-0.4, -0.2) is 24.5 Å². The van der Waals surface area contributed by atoms with Crippen LogP contribution in [0.4, 0.5) is 18.9 Å². The van der Waals surface area contributed by atoms with E-state index in [9.17, 15) is 18.0 Å². The summed E-state index contributed by atoms with van der Waals surface area (Å²) in [7, 11) is 1.60. The van der Waals surface area contributed by atoms with Gasteiger partial charge < -0.3 is 10.1 Å². The molecule has 1 amide bonds. The molecule has 0 atom stereocenters. The minimum absolute atomic E-state index is 0.0995. The van der Waals surface area contributed by atoms with Crippen molar-refractivity contribution in [2.24, 2.45) is 0 Å². The quantitative estimate of drug-likeness (QED) is 0.724. The van der Waals surface area contributed by atoms with Gasteiger partial charge in [0, 0.05) is 0 Å². The summed E-state index contributed by atoms with van der Waals surface area (Å²) in [4.78, 5) is 11.9. The monoisotopic (exact) mass is 369 g/mol. The molecule has 0 saturated carbocycles. The molecular formula is C18H18F3NO2S. The number of alkyl halides is 3. The standard InChI is InChI=1S/C18H18F3NO2S/c1-24-14-8-6-13(7-9-14)10-11-25-12-17(23)22-16-5-3-2-4-15(16)18(19,20)21/h2-9H,10-12H2,1H3,(H,22,23). The molecule has 2 aromatic rings. The fraction of sp³-hybridized carbons (Fsp3) is 0.278. The second-order valence-electron chi connectivity index (χ2n) is 5.24. The van der Waals surface area contributed by atoms with Crippen molar-refractivity contribution in [1.29, 1.82) is 0 Å². The molecule has 0 aromatic heterocycles. The number of halogens is 3. The fourth-order valence-corrected chi connectivity index (χ4v) is 2.95. The minimum atomic E-state index is -4.49. The summed E-state index contributed by atoms with van der Waals surface area (Å²) in [5, 5.41) is 2.33. The van der Waals surface area contributed by atoms with E-state index in [-0.39, 0.29) is 11.4 Å². The van der Waals surface area contributed by atoms with Crippen LogP contribution in [0.1, 0.15) is 11.1 Å². The number of anilines is 1. The maximum atomic E-state index is 12.9. The topological polar surface area (TPSA) is 38.3 Å². The SMILES string of the molecule is COc1ccc(CCSCC(=O)Nc2ccccc2C(F)(F)F)cc1. The van der Waals surface area contributed by atoms with Crippen LogP contribution in [0.2, 0.25) is 0 Å². The maximum absolute atomic E-state index is 12.9. The largest absolute Gasteiger partial charge is 0.497 e. The number of amides is 1. The first kappa shape index (κ1) is 19.2. The molecule has 2 rings (SSSR count). The summed E-state index contributed by atoms with van der Waals surface area (Å²) in [5.74, 6) is 1.12. The molecule has 0 heterocycles. The number of carbonyl (C=O) groups excluding carboxylic acids is 1. The van der Waals surface area contributed by atoms with Crippen molar-refractivity contribution in [3.63, 3.8) is 0 Å². The van der Waals surface area contributed by atoms with E-state index >= 15 is 0 Å². The van der Waals surface area contributed by atoms with Crippen LogP contribution >= 0.6 is 11.8 Å². The third-order valence-electron chi connectivity index (χ3n) is 3.43. The first-order valence-corrected chi connectivity index (χ1v) is 8.72. The molecule has 0 saturated heterocycles. The number of hydrogen-bond donors (Lipinski definition) is 1. The molecule has 0 unspecified atom stereocenters. The number of thioether (sulfide) groups is 1. The summed E-state index contributed by atoms with van der Waals surface area (Å²) >= 11 is 1.37. The van der Waals surface area contributed by atoms with Crippen molar-refractivity contribution < 1.29 is 22.7 Å². The molecule has 0 aliphatic carbocycles. The number of nitrogens with one attached hydrogen (secondary N) is 1. The van der Waals surface area contributed by atoms with Gasteiger partial charge >= 0.3 is 6.18 Å². The third kappa shape index (κ3) is 6.01. The van der Waals surface area contributed by atoms with Gasteiger partial charge in [-0.25, -0.2) is 0 Å². The number of methoxy groups -OCH3 is 1. The van der Waals surface area contributed by atoms with Gasteiger partial charge in [0.1, 0.15) is 5.75 Å². The van der Waals surface area contributed by atoms with Gasteiger partial charge in [-0.3, -0.25) is 4.79 Å². The highest BCUT2D eigenvalue weighted by Crippen LogP contribution is 2.34. The summed E-state index contributed by atoms with van der Waals surface area (Å²) in [6.45, 7) is 0. The second kappa shape index (κ2) is 8.80. The van der Waals surface area contributed by atoms with Crippen LogP contribution in [0.15, 0.2) is 48.5 Å². The van der Waals surface area contributed by atoms with Crippen LogP contribution in [0.5, 0.6) is 5.75 Å². The second-order valence-corrected chi connectivity index (χ2v) is 6.35. The highest BCUT2D eigenvalue weighted by atomic mass is 32.2. The average molecular weight is 369 g/mol. The Kier molecular flexibility index (Phi) is 6.75. The van der Waals surface area contributed by atoms with Gasteiger partial charge in [0.2, 0.25) is 5.91 Å². The van der Waals surface area contributed by atoms with E-state index in [0.717, 1.165) is 23.8 Å². The van der Waals surface area contributed by atoms with Crippen LogP contribution in [0, 0.1) is 0 Å². The number of carbonyl (C=O) groups is 1. The molecule has 0 radical (unpaired) electrons. The Morgan fingerprint density at radius 3 is 2.44 bits per heavy atom. The number of para-hydroxylation sites is 1. The lowest BCUT2D eigenvalue weighted by atomic mass is 10.1. The third-order valence-corrected chi connectivity index (χ3v) is 4.39.